The largest absolute Gasteiger partial charge is 0.486 e. The zero-order chi connectivity index (χ0) is 24.2. The quantitative estimate of drug-likeness (QED) is 0.422. The van der Waals surface area contributed by atoms with Gasteiger partial charge in [0.1, 0.15) is 6.10 Å². The summed E-state index contributed by atoms with van der Waals surface area (Å²) in [6.45, 7) is 8.18. The maximum atomic E-state index is 15.1. The lowest BCUT2D eigenvalue weighted by Crippen LogP contribution is -2.40. The number of aromatic nitrogens is 2. The van der Waals surface area contributed by atoms with Gasteiger partial charge in [-0.2, -0.15) is 0 Å². The van der Waals surface area contributed by atoms with Crippen LogP contribution in [-0.4, -0.2) is 52.3 Å². The van der Waals surface area contributed by atoms with Crippen molar-refractivity contribution in [1.82, 2.24) is 14.3 Å². The molecule has 1 aromatic carbocycles. The van der Waals surface area contributed by atoms with Gasteiger partial charge in [-0.1, -0.05) is 38.3 Å². The molecule has 0 radical (unpaired) electrons. The van der Waals surface area contributed by atoms with Crippen LogP contribution in [0.2, 0.25) is 0 Å². The second-order valence-electron chi connectivity index (χ2n) is 9.97. The van der Waals surface area contributed by atoms with Crippen LogP contribution in [0.15, 0.2) is 30.6 Å². The lowest BCUT2D eigenvalue weighted by atomic mass is 9.88. The summed E-state index contributed by atoms with van der Waals surface area (Å²) in [7, 11) is 0. The molecule has 188 valence electrons. The standard InChI is InChI=1S/C28H37FN4OS/c1-3-5-20-18-30-28(31-19-20)32-10-6-22(7-11-32)26-17-24-15-23(16-25(29)27(24)34-26)21-8-12-33(13-9-21)35-14-4-2/h8,15-16,18-19,22,26H,3-7,9-14,17H2,1-2H3/t26-/m0/s1. The summed E-state index contributed by atoms with van der Waals surface area (Å²) in [5.41, 5.74) is 4.53. The highest BCUT2D eigenvalue weighted by Crippen LogP contribution is 2.40. The Balaban J connectivity index is 1.18. The van der Waals surface area contributed by atoms with E-state index in [1.54, 1.807) is 6.07 Å². The van der Waals surface area contributed by atoms with E-state index in [9.17, 15) is 0 Å². The normalized spacial score (nSPS) is 21.1. The number of ether oxygens (including phenoxy) is 1. The molecule has 1 atom stereocenters. The molecule has 3 aliphatic rings. The summed E-state index contributed by atoms with van der Waals surface area (Å²) >= 11 is 1.92. The van der Waals surface area contributed by atoms with E-state index in [-0.39, 0.29) is 11.9 Å². The summed E-state index contributed by atoms with van der Waals surface area (Å²) in [5.74, 6) is 2.68. The molecule has 0 saturated carbocycles. The number of piperidine rings is 1. The molecule has 35 heavy (non-hydrogen) atoms. The molecule has 4 heterocycles. The molecule has 1 aromatic heterocycles. The van der Waals surface area contributed by atoms with E-state index in [0.717, 1.165) is 87.5 Å². The third-order valence-electron chi connectivity index (χ3n) is 7.41. The Bertz CT molecular complexity index is 1040. The highest BCUT2D eigenvalue weighted by molar-refractivity contribution is 7.97. The van der Waals surface area contributed by atoms with Crippen molar-refractivity contribution in [3.8, 4) is 5.75 Å². The molecule has 0 aliphatic carbocycles. The summed E-state index contributed by atoms with van der Waals surface area (Å²) in [6.07, 6.45) is 13.4. The fourth-order valence-electron chi connectivity index (χ4n) is 5.44. The van der Waals surface area contributed by atoms with Gasteiger partial charge in [0, 0.05) is 56.3 Å². The summed E-state index contributed by atoms with van der Waals surface area (Å²) in [6, 6.07) is 3.87. The van der Waals surface area contributed by atoms with Crippen LogP contribution in [0.5, 0.6) is 5.75 Å². The molecule has 5 rings (SSSR count). The number of rotatable bonds is 8. The molecular weight excluding hydrogens is 459 g/mol. The maximum absolute atomic E-state index is 15.1. The van der Waals surface area contributed by atoms with Crippen LogP contribution in [0.25, 0.3) is 5.57 Å². The van der Waals surface area contributed by atoms with Gasteiger partial charge in [0.2, 0.25) is 5.95 Å². The minimum atomic E-state index is -0.207. The van der Waals surface area contributed by atoms with Gasteiger partial charge in [0.05, 0.1) is 0 Å². The van der Waals surface area contributed by atoms with Gasteiger partial charge in [0.15, 0.2) is 11.6 Å². The minimum Gasteiger partial charge on any atom is -0.486 e. The Morgan fingerprint density at radius 1 is 1.09 bits per heavy atom. The van der Waals surface area contributed by atoms with Crippen molar-refractivity contribution in [2.45, 2.75) is 64.9 Å². The first-order valence-corrected chi connectivity index (χ1v) is 14.2. The van der Waals surface area contributed by atoms with E-state index in [4.69, 9.17) is 4.74 Å². The van der Waals surface area contributed by atoms with Gasteiger partial charge in [-0.05, 0) is 66.9 Å². The average molecular weight is 497 g/mol. The fraction of sp³-hybridized carbons (Fsp3) is 0.571. The van der Waals surface area contributed by atoms with Gasteiger partial charge in [0.25, 0.3) is 0 Å². The van der Waals surface area contributed by atoms with Crippen molar-refractivity contribution in [1.29, 1.82) is 0 Å². The average Bonchev–Trinajstić information content (AvgIpc) is 3.34. The van der Waals surface area contributed by atoms with Crippen LogP contribution in [0, 0.1) is 11.7 Å². The molecule has 3 aliphatic heterocycles. The molecule has 2 aromatic rings. The predicted octanol–water partition coefficient (Wildman–Crippen LogP) is 5.94. The number of fused-ring (bicyclic) bond motifs is 1. The smallest absolute Gasteiger partial charge is 0.225 e. The van der Waals surface area contributed by atoms with Crippen LogP contribution in [0.3, 0.4) is 0 Å². The third kappa shape index (κ3) is 5.67. The van der Waals surface area contributed by atoms with Gasteiger partial charge >= 0.3 is 0 Å². The summed E-state index contributed by atoms with van der Waals surface area (Å²) in [5, 5.41) is 0. The van der Waals surface area contributed by atoms with Crippen LogP contribution in [0.1, 0.15) is 62.6 Å². The minimum absolute atomic E-state index is 0.0611. The van der Waals surface area contributed by atoms with Crippen LogP contribution in [-0.2, 0) is 12.8 Å². The van der Waals surface area contributed by atoms with Crippen LogP contribution < -0.4 is 9.64 Å². The van der Waals surface area contributed by atoms with Crippen LogP contribution >= 0.6 is 11.9 Å². The number of aryl methyl sites for hydroxylation is 1. The van der Waals surface area contributed by atoms with Crippen molar-refractivity contribution in [3.63, 3.8) is 0 Å². The Morgan fingerprint density at radius 3 is 2.57 bits per heavy atom. The molecule has 0 spiro atoms. The molecule has 0 N–H and O–H groups in total. The van der Waals surface area contributed by atoms with E-state index < -0.39 is 0 Å². The van der Waals surface area contributed by atoms with E-state index in [2.05, 4.69) is 45.2 Å². The predicted molar refractivity (Wildman–Crippen MR) is 142 cm³/mol. The fourth-order valence-corrected chi connectivity index (χ4v) is 6.28. The second kappa shape index (κ2) is 11.3. The van der Waals surface area contributed by atoms with Gasteiger partial charge in [-0.3, -0.25) is 0 Å². The Kier molecular flexibility index (Phi) is 7.93. The molecule has 0 bridgehead atoms. The van der Waals surface area contributed by atoms with E-state index in [0.29, 0.717) is 11.7 Å². The molecule has 0 unspecified atom stereocenters. The third-order valence-corrected chi connectivity index (χ3v) is 8.70. The first kappa shape index (κ1) is 24.6. The van der Waals surface area contributed by atoms with Gasteiger partial charge < -0.3 is 9.64 Å². The lowest BCUT2D eigenvalue weighted by Gasteiger charge is -2.34. The Morgan fingerprint density at radius 2 is 1.89 bits per heavy atom. The van der Waals surface area contributed by atoms with Crippen LogP contribution in [0.4, 0.5) is 10.3 Å². The topological polar surface area (TPSA) is 41.5 Å². The summed E-state index contributed by atoms with van der Waals surface area (Å²) < 4.78 is 23.7. The zero-order valence-corrected chi connectivity index (χ0v) is 21.8. The SMILES string of the molecule is CCCSN1CC=C(c2cc(F)c3c(c2)C[C@@H](C2CCN(c4ncc(CCC)cn4)CC2)O3)CC1. The van der Waals surface area contributed by atoms with E-state index >= 15 is 4.39 Å². The van der Waals surface area contributed by atoms with Crippen molar-refractivity contribution >= 4 is 23.5 Å². The van der Waals surface area contributed by atoms with Gasteiger partial charge in [-0.25, -0.2) is 18.7 Å². The number of anilines is 1. The molecule has 1 saturated heterocycles. The van der Waals surface area contributed by atoms with Crippen molar-refractivity contribution in [3.05, 3.63) is 53.1 Å². The highest BCUT2D eigenvalue weighted by Gasteiger charge is 2.35. The molecule has 7 heteroatoms. The number of hydrogen-bond donors (Lipinski definition) is 0. The van der Waals surface area contributed by atoms with Gasteiger partial charge in [-0.15, -0.1) is 0 Å². The van der Waals surface area contributed by atoms with Crippen molar-refractivity contribution < 1.29 is 9.13 Å². The molecule has 1 fully saturated rings. The Labute approximate surface area is 213 Å². The second-order valence-corrected chi connectivity index (χ2v) is 11.2. The monoisotopic (exact) mass is 496 g/mol. The maximum Gasteiger partial charge on any atom is 0.225 e. The molecule has 5 nitrogen and oxygen atoms in total. The first-order valence-electron chi connectivity index (χ1n) is 13.3. The van der Waals surface area contributed by atoms with E-state index in [1.165, 1.54) is 17.6 Å². The number of nitrogens with zero attached hydrogens (tertiary/aromatic N) is 4. The number of hydrogen-bond acceptors (Lipinski definition) is 6. The molecule has 0 amide bonds. The number of benzene rings is 1. The molecular formula is C28H37FN4OS. The highest BCUT2D eigenvalue weighted by atomic mass is 32.2. The Hall–Kier alpha value is -2.12. The lowest BCUT2D eigenvalue weighted by molar-refractivity contribution is 0.134. The van der Waals surface area contributed by atoms with Crippen molar-refractivity contribution in [2.24, 2.45) is 5.92 Å². The summed E-state index contributed by atoms with van der Waals surface area (Å²) in [4.78, 5) is 11.4. The zero-order valence-electron chi connectivity index (χ0n) is 21.0. The van der Waals surface area contributed by atoms with Crippen molar-refractivity contribution in [2.75, 3.05) is 36.8 Å². The first-order chi connectivity index (χ1) is 17.1. The number of halogens is 1. The van der Waals surface area contributed by atoms with E-state index in [1.807, 2.05) is 24.3 Å².